The highest BCUT2D eigenvalue weighted by Crippen LogP contribution is 2.44. The van der Waals surface area contributed by atoms with Gasteiger partial charge in [0.1, 0.15) is 11.8 Å². The third-order valence-corrected chi connectivity index (χ3v) is 5.06. The lowest BCUT2D eigenvalue weighted by atomic mass is 10.0. The van der Waals surface area contributed by atoms with Crippen molar-refractivity contribution in [3.8, 4) is 5.75 Å². The van der Waals surface area contributed by atoms with E-state index in [0.29, 0.717) is 10.8 Å². The Balaban J connectivity index is 1.87. The first-order valence-electron chi connectivity index (χ1n) is 8.64. The number of hydrogen-bond donors (Lipinski definition) is 2. The van der Waals surface area contributed by atoms with Crippen molar-refractivity contribution in [1.82, 2.24) is 14.9 Å². The summed E-state index contributed by atoms with van der Waals surface area (Å²) in [6.07, 6.45) is 3.86. The summed E-state index contributed by atoms with van der Waals surface area (Å²) >= 11 is 5.66. The van der Waals surface area contributed by atoms with E-state index in [-0.39, 0.29) is 17.8 Å². The molecule has 1 aliphatic heterocycles. The Morgan fingerprint density at radius 3 is 2.65 bits per heavy atom. The number of nitrogens with zero attached hydrogens (tertiary/aromatic N) is 3. The van der Waals surface area contributed by atoms with Crippen molar-refractivity contribution in [2.45, 2.75) is 25.6 Å². The van der Waals surface area contributed by atoms with Crippen LogP contribution in [0, 0.1) is 0 Å². The fraction of sp³-hybridized carbons (Fsp3) is 0.200. The van der Waals surface area contributed by atoms with Gasteiger partial charge in [0.25, 0.3) is 0 Å². The minimum Gasteiger partial charge on any atom is -0.506 e. The first-order chi connectivity index (χ1) is 12.7. The van der Waals surface area contributed by atoms with Gasteiger partial charge in [-0.3, -0.25) is 4.98 Å². The van der Waals surface area contributed by atoms with Gasteiger partial charge in [0.05, 0.1) is 17.4 Å². The van der Waals surface area contributed by atoms with Crippen molar-refractivity contribution >= 4 is 23.0 Å². The topological polar surface area (TPSA) is 53.3 Å². The minimum atomic E-state index is -0.111. The maximum Gasteiger partial charge on any atom is 0.174 e. The molecule has 5 nitrogen and oxygen atoms in total. The van der Waals surface area contributed by atoms with Crippen LogP contribution < -0.4 is 10.2 Å². The summed E-state index contributed by atoms with van der Waals surface area (Å²) in [5, 5.41) is 14.4. The van der Waals surface area contributed by atoms with E-state index in [0.717, 1.165) is 17.9 Å². The molecular formula is C20H20N4OS. The number of aryl methyl sites for hydroxylation is 1. The number of pyridine rings is 1. The van der Waals surface area contributed by atoms with Crippen LogP contribution in [0.2, 0.25) is 0 Å². The van der Waals surface area contributed by atoms with Gasteiger partial charge in [-0.15, -0.1) is 0 Å². The van der Waals surface area contributed by atoms with Gasteiger partial charge >= 0.3 is 0 Å². The van der Waals surface area contributed by atoms with Crippen molar-refractivity contribution in [1.29, 1.82) is 0 Å². The highest BCUT2D eigenvalue weighted by Gasteiger charge is 2.42. The second-order valence-corrected chi connectivity index (χ2v) is 6.59. The van der Waals surface area contributed by atoms with Crippen molar-refractivity contribution < 1.29 is 5.11 Å². The minimum absolute atomic E-state index is 0.108. The van der Waals surface area contributed by atoms with Crippen molar-refractivity contribution in [2.24, 2.45) is 0 Å². The summed E-state index contributed by atoms with van der Waals surface area (Å²) in [7, 11) is 0. The van der Waals surface area contributed by atoms with Gasteiger partial charge in [-0.25, -0.2) is 0 Å². The summed E-state index contributed by atoms with van der Waals surface area (Å²) < 4.78 is 2.20. The van der Waals surface area contributed by atoms with E-state index in [9.17, 15) is 5.11 Å². The number of para-hydroxylation sites is 2. The molecule has 1 saturated heterocycles. The lowest BCUT2D eigenvalue weighted by Crippen LogP contribution is -2.30. The number of nitrogens with one attached hydrogen (secondary N) is 1. The van der Waals surface area contributed by atoms with E-state index in [1.54, 1.807) is 12.3 Å². The lowest BCUT2D eigenvalue weighted by molar-refractivity contribution is 0.470. The van der Waals surface area contributed by atoms with Gasteiger partial charge < -0.3 is 19.9 Å². The SMILES string of the molecule is CCn1cccc1C1C(c2ccccn2)NC(=S)N1c1ccccc1O. The Labute approximate surface area is 157 Å². The van der Waals surface area contributed by atoms with Crippen molar-refractivity contribution in [2.75, 3.05) is 4.90 Å². The largest absolute Gasteiger partial charge is 0.506 e. The number of aromatic hydroxyl groups is 1. The molecule has 0 radical (unpaired) electrons. The molecule has 1 fully saturated rings. The molecule has 0 saturated carbocycles. The fourth-order valence-electron chi connectivity index (χ4n) is 3.57. The van der Waals surface area contributed by atoms with Gasteiger partial charge in [0.2, 0.25) is 0 Å². The molecule has 3 heterocycles. The summed E-state index contributed by atoms with van der Waals surface area (Å²) in [4.78, 5) is 6.53. The molecule has 2 atom stereocenters. The monoisotopic (exact) mass is 364 g/mol. The Kier molecular flexibility index (Phi) is 4.34. The van der Waals surface area contributed by atoms with E-state index in [2.05, 4.69) is 34.1 Å². The maximum atomic E-state index is 10.4. The van der Waals surface area contributed by atoms with Gasteiger partial charge in [0.15, 0.2) is 5.11 Å². The van der Waals surface area contributed by atoms with Crippen LogP contribution in [0.3, 0.4) is 0 Å². The molecule has 0 aliphatic carbocycles. The average Bonchev–Trinajstić information content (AvgIpc) is 3.26. The van der Waals surface area contributed by atoms with Crippen LogP contribution in [0.5, 0.6) is 5.75 Å². The molecule has 2 unspecified atom stereocenters. The number of phenolic OH excluding ortho intramolecular Hbond substituents is 1. The number of rotatable bonds is 4. The second kappa shape index (κ2) is 6.80. The Morgan fingerprint density at radius 2 is 1.92 bits per heavy atom. The molecule has 26 heavy (non-hydrogen) atoms. The number of anilines is 1. The molecule has 2 N–H and O–H groups in total. The zero-order chi connectivity index (χ0) is 18.1. The zero-order valence-corrected chi connectivity index (χ0v) is 15.2. The van der Waals surface area contributed by atoms with Crippen LogP contribution >= 0.6 is 12.2 Å². The standard InChI is InChI=1S/C20H20N4OS/c1-2-23-13-7-10-16(23)19-18(14-8-5-6-12-21-14)22-20(26)24(19)15-9-3-4-11-17(15)25/h3-13,18-19,25H,2H2,1H3,(H,22,26). The van der Waals surface area contributed by atoms with Crippen LogP contribution in [0.15, 0.2) is 67.0 Å². The van der Waals surface area contributed by atoms with E-state index < -0.39 is 0 Å². The summed E-state index contributed by atoms with van der Waals surface area (Å²) in [6, 6.07) is 17.1. The van der Waals surface area contributed by atoms with Crippen LogP contribution in [0.1, 0.15) is 30.4 Å². The molecule has 0 bridgehead atoms. The molecular weight excluding hydrogens is 344 g/mol. The predicted molar refractivity (Wildman–Crippen MR) is 106 cm³/mol. The van der Waals surface area contributed by atoms with Crippen molar-refractivity contribution in [3.05, 3.63) is 78.4 Å². The van der Waals surface area contributed by atoms with Gasteiger partial charge in [-0.2, -0.15) is 0 Å². The predicted octanol–water partition coefficient (Wildman–Crippen LogP) is 3.79. The van der Waals surface area contributed by atoms with E-state index in [4.69, 9.17) is 12.2 Å². The number of phenols is 1. The third kappa shape index (κ3) is 2.72. The van der Waals surface area contributed by atoms with Gasteiger partial charge in [0, 0.05) is 24.6 Å². The zero-order valence-electron chi connectivity index (χ0n) is 14.4. The molecule has 132 valence electrons. The molecule has 1 aliphatic rings. The maximum absolute atomic E-state index is 10.4. The van der Waals surface area contributed by atoms with Crippen LogP contribution in [-0.2, 0) is 6.54 Å². The first kappa shape index (κ1) is 16.6. The van der Waals surface area contributed by atoms with Gasteiger partial charge in [-0.1, -0.05) is 18.2 Å². The van der Waals surface area contributed by atoms with Crippen molar-refractivity contribution in [3.63, 3.8) is 0 Å². The average molecular weight is 364 g/mol. The molecule has 6 heteroatoms. The van der Waals surface area contributed by atoms with E-state index in [1.807, 2.05) is 47.4 Å². The third-order valence-electron chi connectivity index (χ3n) is 4.75. The number of hydrogen-bond acceptors (Lipinski definition) is 3. The normalized spacial score (nSPS) is 19.6. The molecule has 0 amide bonds. The van der Waals surface area contributed by atoms with Crippen LogP contribution in [-0.4, -0.2) is 19.8 Å². The number of thiocarbonyl (C=S) groups is 1. The summed E-state index contributed by atoms with van der Waals surface area (Å²) in [5.74, 6) is 0.206. The highest BCUT2D eigenvalue weighted by molar-refractivity contribution is 7.80. The summed E-state index contributed by atoms with van der Waals surface area (Å²) in [5.41, 5.74) is 2.73. The van der Waals surface area contributed by atoms with Crippen LogP contribution in [0.25, 0.3) is 0 Å². The number of aromatic nitrogens is 2. The second-order valence-electron chi connectivity index (χ2n) is 6.20. The van der Waals surface area contributed by atoms with E-state index >= 15 is 0 Å². The van der Waals surface area contributed by atoms with Crippen LogP contribution in [0.4, 0.5) is 5.69 Å². The Bertz CT molecular complexity index is 924. The quantitative estimate of drug-likeness (QED) is 0.690. The molecule has 2 aromatic heterocycles. The van der Waals surface area contributed by atoms with Gasteiger partial charge in [-0.05, 0) is 55.5 Å². The molecule has 1 aromatic carbocycles. The molecule has 3 aromatic rings. The van der Waals surface area contributed by atoms with E-state index in [1.165, 1.54) is 0 Å². The summed E-state index contributed by atoms with van der Waals surface area (Å²) in [6.45, 7) is 2.97. The first-order valence-corrected chi connectivity index (χ1v) is 9.05. The highest BCUT2D eigenvalue weighted by atomic mass is 32.1. The Hall–Kier alpha value is -2.86. The smallest absolute Gasteiger partial charge is 0.174 e. The fourth-order valence-corrected chi connectivity index (χ4v) is 3.91. The molecule has 4 rings (SSSR count). The Morgan fingerprint density at radius 1 is 1.12 bits per heavy atom. The number of benzene rings is 1. The molecule has 0 spiro atoms. The lowest BCUT2D eigenvalue weighted by Gasteiger charge is -2.29.